The molecular weight excluding hydrogens is 452 g/mol. The van der Waals surface area contributed by atoms with Crippen LogP contribution in [0.2, 0.25) is 0 Å². The Kier molecular flexibility index (Phi) is 6.50. The fourth-order valence-electron chi connectivity index (χ4n) is 5.61. The predicted molar refractivity (Wildman–Crippen MR) is 119 cm³/mol. The third-order valence-electron chi connectivity index (χ3n) is 7.20. The molecule has 3 unspecified atom stereocenters. The second kappa shape index (κ2) is 9.09. The Morgan fingerprint density at radius 3 is 2.50 bits per heavy atom. The van der Waals surface area contributed by atoms with Crippen LogP contribution in [-0.4, -0.2) is 51.2 Å². The minimum absolute atomic E-state index is 0.101. The predicted octanol–water partition coefficient (Wildman–Crippen LogP) is 4.64. The van der Waals surface area contributed by atoms with Gasteiger partial charge in [0.05, 0.1) is 19.8 Å². The molecule has 4 rings (SSSR count). The summed E-state index contributed by atoms with van der Waals surface area (Å²) >= 11 is 0. The van der Waals surface area contributed by atoms with E-state index in [-0.39, 0.29) is 22.9 Å². The summed E-state index contributed by atoms with van der Waals surface area (Å²) in [5.74, 6) is -0.423. The van der Waals surface area contributed by atoms with Crippen LogP contribution in [0.4, 0.5) is 17.6 Å². The number of ether oxygens (including phenoxy) is 2. The number of halogens is 4. The monoisotopic (exact) mass is 480 g/mol. The lowest BCUT2D eigenvalue weighted by Gasteiger charge is -2.43. The van der Waals surface area contributed by atoms with Crippen LogP contribution in [0, 0.1) is 11.7 Å². The lowest BCUT2D eigenvalue weighted by Crippen LogP contribution is -2.47. The zero-order valence-corrected chi connectivity index (χ0v) is 19.3. The summed E-state index contributed by atoms with van der Waals surface area (Å²) in [4.78, 5) is 15.0. The number of alkyl halides is 3. The van der Waals surface area contributed by atoms with Crippen molar-refractivity contribution in [2.24, 2.45) is 5.92 Å². The van der Waals surface area contributed by atoms with Crippen molar-refractivity contribution in [3.63, 3.8) is 0 Å². The van der Waals surface area contributed by atoms with Crippen LogP contribution in [0.1, 0.15) is 40.7 Å². The number of carbonyl (C=O) groups excluding carboxylic acids is 1. The van der Waals surface area contributed by atoms with Gasteiger partial charge in [0, 0.05) is 30.1 Å². The normalized spacial score (nSPS) is 25.0. The quantitative estimate of drug-likeness (QED) is 0.634. The van der Waals surface area contributed by atoms with Crippen LogP contribution in [-0.2, 0) is 11.6 Å². The van der Waals surface area contributed by atoms with Gasteiger partial charge < -0.3 is 19.7 Å². The first-order chi connectivity index (χ1) is 16.1. The Morgan fingerprint density at radius 1 is 1.12 bits per heavy atom. The van der Waals surface area contributed by atoms with Gasteiger partial charge in [0.25, 0.3) is 5.91 Å². The third kappa shape index (κ3) is 4.45. The van der Waals surface area contributed by atoms with E-state index in [4.69, 9.17) is 9.47 Å². The highest BCUT2D eigenvalue weighted by atomic mass is 19.4. The van der Waals surface area contributed by atoms with Gasteiger partial charge in [-0.2, -0.15) is 13.2 Å². The van der Waals surface area contributed by atoms with Crippen LogP contribution in [0.3, 0.4) is 0 Å². The van der Waals surface area contributed by atoms with E-state index in [1.54, 1.807) is 14.2 Å². The zero-order valence-electron chi connectivity index (χ0n) is 19.3. The molecule has 0 bridgehead atoms. The van der Waals surface area contributed by atoms with E-state index >= 15 is 0 Å². The summed E-state index contributed by atoms with van der Waals surface area (Å²) in [6.07, 6.45) is -2.56. The molecule has 2 aromatic carbocycles. The molecule has 34 heavy (non-hydrogen) atoms. The van der Waals surface area contributed by atoms with Gasteiger partial charge in [-0.05, 0) is 68.1 Å². The molecule has 5 nitrogen and oxygen atoms in total. The minimum Gasteiger partial charge on any atom is -0.493 e. The summed E-state index contributed by atoms with van der Waals surface area (Å²) in [6.45, 7) is 1.73. The summed E-state index contributed by atoms with van der Waals surface area (Å²) in [5, 5.41) is 2.91. The second-order valence-corrected chi connectivity index (χ2v) is 9.26. The summed E-state index contributed by atoms with van der Waals surface area (Å²) in [7, 11) is 5.27. The number of fused-ring (bicyclic) bond motifs is 1. The molecule has 1 saturated heterocycles. The Labute approximate surface area is 196 Å². The fourth-order valence-corrected chi connectivity index (χ4v) is 5.61. The number of hydrogen-bond acceptors (Lipinski definition) is 4. The first-order valence-electron chi connectivity index (χ1n) is 11.2. The first kappa shape index (κ1) is 24.3. The van der Waals surface area contributed by atoms with Gasteiger partial charge in [0.1, 0.15) is 5.82 Å². The third-order valence-corrected chi connectivity index (χ3v) is 7.20. The number of likely N-dealkylation sites (tertiary alicyclic amines) is 1. The number of likely N-dealkylation sites (N-methyl/N-ethyl adjacent to an activating group) is 1. The van der Waals surface area contributed by atoms with Crippen LogP contribution >= 0.6 is 0 Å². The van der Waals surface area contributed by atoms with Crippen molar-refractivity contribution in [2.75, 3.05) is 34.4 Å². The van der Waals surface area contributed by atoms with Crippen LogP contribution in [0.15, 0.2) is 36.4 Å². The molecule has 9 heteroatoms. The SMILES string of the molecule is COc1ccc(C23CCC(NC(=O)c4ccc(C(F)(F)F)c(F)c4)CC2CN(C)C3)cc1OC. The van der Waals surface area contributed by atoms with Crippen LogP contribution < -0.4 is 14.8 Å². The van der Waals surface area contributed by atoms with Crippen molar-refractivity contribution in [3.8, 4) is 11.5 Å². The molecule has 1 heterocycles. The molecular formula is C25H28F4N2O3. The molecule has 2 aliphatic rings. The molecule has 0 aromatic heterocycles. The van der Waals surface area contributed by atoms with Gasteiger partial charge in [0.15, 0.2) is 11.5 Å². The number of hydrogen-bond donors (Lipinski definition) is 1. The van der Waals surface area contributed by atoms with Crippen molar-refractivity contribution in [2.45, 2.75) is 36.9 Å². The van der Waals surface area contributed by atoms with Crippen molar-refractivity contribution < 1.29 is 31.8 Å². The van der Waals surface area contributed by atoms with Crippen LogP contribution in [0.5, 0.6) is 11.5 Å². The Balaban J connectivity index is 1.51. The molecule has 0 spiro atoms. The largest absolute Gasteiger partial charge is 0.493 e. The number of rotatable bonds is 5. The zero-order chi connectivity index (χ0) is 24.7. The Hall–Kier alpha value is -2.81. The highest BCUT2D eigenvalue weighted by molar-refractivity contribution is 5.94. The lowest BCUT2D eigenvalue weighted by molar-refractivity contribution is -0.140. The number of amides is 1. The Morgan fingerprint density at radius 2 is 1.85 bits per heavy atom. The maximum Gasteiger partial charge on any atom is 0.419 e. The average Bonchev–Trinajstić information content (AvgIpc) is 3.13. The minimum atomic E-state index is -4.80. The highest BCUT2D eigenvalue weighted by Gasteiger charge is 2.50. The number of nitrogens with one attached hydrogen (secondary N) is 1. The van der Waals surface area contributed by atoms with E-state index in [2.05, 4.69) is 23.3 Å². The maximum absolute atomic E-state index is 13.9. The molecule has 2 aromatic rings. The number of methoxy groups -OCH3 is 2. The van der Waals surface area contributed by atoms with Crippen LogP contribution in [0.25, 0.3) is 0 Å². The van der Waals surface area contributed by atoms with Gasteiger partial charge >= 0.3 is 6.18 Å². The number of nitrogens with zero attached hydrogens (tertiary/aromatic N) is 1. The average molecular weight is 481 g/mol. The highest BCUT2D eigenvalue weighted by Crippen LogP contribution is 2.49. The molecule has 1 amide bonds. The smallest absolute Gasteiger partial charge is 0.419 e. The van der Waals surface area contributed by atoms with E-state index in [1.165, 1.54) is 0 Å². The molecule has 1 saturated carbocycles. The first-order valence-corrected chi connectivity index (χ1v) is 11.2. The van der Waals surface area contributed by atoms with Crippen molar-refractivity contribution >= 4 is 5.91 Å². The summed E-state index contributed by atoms with van der Waals surface area (Å²) in [5.41, 5.74) is -0.439. The molecule has 2 fully saturated rings. The second-order valence-electron chi connectivity index (χ2n) is 9.26. The fraction of sp³-hybridized carbons (Fsp3) is 0.480. The maximum atomic E-state index is 13.9. The van der Waals surface area contributed by atoms with Gasteiger partial charge in [-0.25, -0.2) is 4.39 Å². The molecule has 1 N–H and O–H groups in total. The van der Waals surface area contributed by atoms with Crippen molar-refractivity contribution in [3.05, 3.63) is 58.9 Å². The topological polar surface area (TPSA) is 50.8 Å². The number of carbonyl (C=O) groups is 1. The number of benzene rings is 2. The van der Waals surface area contributed by atoms with E-state index in [0.29, 0.717) is 36.5 Å². The van der Waals surface area contributed by atoms with E-state index in [1.807, 2.05) is 12.1 Å². The van der Waals surface area contributed by atoms with Gasteiger partial charge in [-0.15, -0.1) is 0 Å². The molecule has 1 aliphatic carbocycles. The van der Waals surface area contributed by atoms with Crippen molar-refractivity contribution in [1.29, 1.82) is 0 Å². The van der Waals surface area contributed by atoms with E-state index in [9.17, 15) is 22.4 Å². The molecule has 0 radical (unpaired) electrons. The van der Waals surface area contributed by atoms with Gasteiger partial charge in [0.2, 0.25) is 0 Å². The summed E-state index contributed by atoms with van der Waals surface area (Å²) < 4.78 is 63.3. The lowest BCUT2D eigenvalue weighted by atomic mass is 9.63. The molecule has 3 atom stereocenters. The molecule has 184 valence electrons. The Bertz CT molecular complexity index is 1070. The molecule has 1 aliphatic heterocycles. The van der Waals surface area contributed by atoms with E-state index < -0.39 is 23.5 Å². The van der Waals surface area contributed by atoms with E-state index in [0.717, 1.165) is 31.1 Å². The van der Waals surface area contributed by atoms with Crippen molar-refractivity contribution in [1.82, 2.24) is 10.2 Å². The summed E-state index contributed by atoms with van der Waals surface area (Å²) in [6, 6.07) is 8.12. The standard InChI is InChI=1S/C25H28F4N2O3/c1-31-13-17-11-18(30-23(32)15-4-6-19(20(26)10-15)25(27,28)29)8-9-24(17,14-31)16-5-7-21(33-2)22(12-16)34-3/h4-7,10,12,17-18H,8-9,11,13-14H2,1-3H3,(H,30,32). The van der Waals surface area contributed by atoms with Gasteiger partial charge in [-0.1, -0.05) is 6.07 Å². The van der Waals surface area contributed by atoms with Gasteiger partial charge in [-0.3, -0.25) is 4.79 Å².